The van der Waals surface area contributed by atoms with Gasteiger partial charge in [-0.05, 0) is 25.0 Å². The minimum atomic E-state index is -0.411. The Bertz CT molecular complexity index is 618. The van der Waals surface area contributed by atoms with Gasteiger partial charge in [0.25, 0.3) is 5.91 Å². The van der Waals surface area contributed by atoms with E-state index in [-0.39, 0.29) is 5.91 Å². The molecule has 0 radical (unpaired) electrons. The predicted octanol–water partition coefficient (Wildman–Crippen LogP) is 2.61. The number of nitrogens with zero attached hydrogens (tertiary/aromatic N) is 1. The largest absolute Gasteiger partial charge is 0.495 e. The van der Waals surface area contributed by atoms with Gasteiger partial charge in [-0.3, -0.25) is 4.79 Å². The van der Waals surface area contributed by atoms with Crippen molar-refractivity contribution in [3.05, 3.63) is 39.5 Å². The van der Waals surface area contributed by atoms with E-state index in [0.717, 1.165) is 24.9 Å². The second-order valence-electron chi connectivity index (χ2n) is 4.93. The van der Waals surface area contributed by atoms with Crippen LogP contribution in [0.5, 0.6) is 5.75 Å². The van der Waals surface area contributed by atoms with Crippen molar-refractivity contribution in [1.29, 1.82) is 0 Å². The lowest BCUT2D eigenvalue weighted by Gasteiger charge is -2.39. The van der Waals surface area contributed by atoms with E-state index in [4.69, 9.17) is 27.9 Å². The monoisotopic (exact) mass is 327 g/mol. The molecule has 1 amide bonds. The number of carbonyl (C=O) groups excluding carboxylic acids is 1. The third-order valence-corrected chi connectivity index (χ3v) is 4.21. The average molecular weight is 328 g/mol. The molecule has 1 saturated heterocycles. The number of rotatable bonds is 2. The number of hydrogen-bond donors (Lipinski definition) is 2. The second-order valence-corrected chi connectivity index (χ2v) is 5.74. The summed E-state index contributed by atoms with van der Waals surface area (Å²) in [6.07, 6.45) is 3.45. The molecule has 2 aliphatic rings. The summed E-state index contributed by atoms with van der Waals surface area (Å²) in [7, 11) is 1.54. The van der Waals surface area contributed by atoms with E-state index in [9.17, 15) is 4.79 Å². The van der Waals surface area contributed by atoms with Crippen LogP contribution in [0.15, 0.2) is 23.9 Å². The molecule has 2 aliphatic heterocycles. The summed E-state index contributed by atoms with van der Waals surface area (Å²) >= 11 is 12.3. The van der Waals surface area contributed by atoms with Crippen LogP contribution in [0.3, 0.4) is 0 Å². The number of nitrogens with one attached hydrogen (secondary N) is 2. The number of hydrogen-bond acceptors (Lipinski definition) is 4. The summed E-state index contributed by atoms with van der Waals surface area (Å²) in [5, 5.41) is 5.68. The Labute approximate surface area is 132 Å². The molecule has 0 spiro atoms. The zero-order valence-electron chi connectivity index (χ0n) is 11.5. The van der Waals surface area contributed by atoms with Crippen molar-refractivity contribution < 1.29 is 9.53 Å². The highest BCUT2D eigenvalue weighted by Crippen LogP contribution is 2.34. The Hall–Kier alpha value is -1.43. The molecule has 1 aromatic carbocycles. The van der Waals surface area contributed by atoms with E-state index in [1.807, 2.05) is 11.1 Å². The fourth-order valence-corrected chi connectivity index (χ4v) is 3.10. The molecular formula is C14H15Cl2N3O2. The molecule has 21 heavy (non-hydrogen) atoms. The Morgan fingerprint density at radius 3 is 2.90 bits per heavy atom. The van der Waals surface area contributed by atoms with E-state index in [0.29, 0.717) is 21.5 Å². The number of hydrazine groups is 1. The van der Waals surface area contributed by atoms with Crippen LogP contribution in [0.4, 0.5) is 0 Å². The first-order valence-corrected chi connectivity index (χ1v) is 7.43. The molecule has 2 heterocycles. The smallest absolute Gasteiger partial charge is 0.270 e. The molecule has 3 rings (SSSR count). The Morgan fingerprint density at radius 2 is 2.14 bits per heavy atom. The highest BCUT2D eigenvalue weighted by molar-refractivity contribution is 6.36. The normalized spacial score (nSPS) is 21.5. The fourth-order valence-electron chi connectivity index (χ4n) is 2.53. The number of ether oxygens (including phenoxy) is 1. The van der Waals surface area contributed by atoms with E-state index >= 15 is 0 Å². The molecule has 0 aromatic heterocycles. The van der Waals surface area contributed by atoms with Gasteiger partial charge < -0.3 is 15.1 Å². The van der Waals surface area contributed by atoms with Crippen LogP contribution >= 0.6 is 23.2 Å². The van der Waals surface area contributed by atoms with Crippen LogP contribution < -0.4 is 15.5 Å². The van der Waals surface area contributed by atoms with Crippen molar-refractivity contribution in [2.24, 2.45) is 0 Å². The molecule has 7 heteroatoms. The Balaban J connectivity index is 1.93. The summed E-state index contributed by atoms with van der Waals surface area (Å²) in [4.78, 5) is 12.2. The maximum Gasteiger partial charge on any atom is 0.270 e. The van der Waals surface area contributed by atoms with Crippen molar-refractivity contribution in [3.8, 4) is 5.75 Å². The van der Waals surface area contributed by atoms with E-state index in [1.165, 1.54) is 7.11 Å². The first-order valence-electron chi connectivity index (χ1n) is 6.68. The standard InChI is InChI=1S/C14H15Cl2N3O2/c1-21-12-6-8(9(15)7-10(12)16)13-17-14(20)11-4-2-3-5-19(11)18-13/h4,6-7,13,18H,2-3,5H2,1H3,(H,17,20). The molecule has 1 fully saturated rings. The summed E-state index contributed by atoms with van der Waals surface area (Å²) in [5.41, 5.74) is 4.64. The fraction of sp³-hybridized carbons (Fsp3) is 0.357. The molecular weight excluding hydrogens is 313 g/mol. The van der Waals surface area contributed by atoms with Gasteiger partial charge in [0.05, 0.1) is 12.1 Å². The highest BCUT2D eigenvalue weighted by Gasteiger charge is 2.31. The topological polar surface area (TPSA) is 53.6 Å². The first kappa shape index (κ1) is 14.5. The molecule has 5 nitrogen and oxygen atoms in total. The lowest BCUT2D eigenvalue weighted by atomic mass is 10.1. The Morgan fingerprint density at radius 1 is 1.33 bits per heavy atom. The minimum absolute atomic E-state index is 0.108. The number of methoxy groups -OCH3 is 1. The molecule has 1 aromatic rings. The van der Waals surface area contributed by atoms with Gasteiger partial charge in [-0.25, -0.2) is 5.43 Å². The number of fused-ring (bicyclic) bond motifs is 1. The molecule has 0 aliphatic carbocycles. The van der Waals surface area contributed by atoms with Crippen LogP contribution in [0, 0.1) is 0 Å². The van der Waals surface area contributed by atoms with Crippen molar-refractivity contribution in [2.45, 2.75) is 19.0 Å². The molecule has 1 unspecified atom stereocenters. The van der Waals surface area contributed by atoms with Gasteiger partial charge in [0, 0.05) is 17.1 Å². The average Bonchev–Trinajstić information content (AvgIpc) is 2.47. The SMILES string of the molecule is COc1cc(C2NC(=O)C3=CCCCN3N2)c(Cl)cc1Cl. The van der Waals surface area contributed by atoms with Gasteiger partial charge in [0.15, 0.2) is 0 Å². The second kappa shape index (κ2) is 5.75. The van der Waals surface area contributed by atoms with E-state index in [1.54, 1.807) is 12.1 Å². The summed E-state index contributed by atoms with van der Waals surface area (Å²) in [6.45, 7) is 0.790. The van der Waals surface area contributed by atoms with Crippen molar-refractivity contribution in [2.75, 3.05) is 13.7 Å². The lowest BCUT2D eigenvalue weighted by molar-refractivity contribution is -0.124. The number of halogens is 2. The molecule has 0 bridgehead atoms. The summed E-state index contributed by atoms with van der Waals surface area (Å²) < 4.78 is 5.21. The molecule has 112 valence electrons. The van der Waals surface area contributed by atoms with Crippen LogP contribution in [-0.4, -0.2) is 24.6 Å². The number of benzene rings is 1. The van der Waals surface area contributed by atoms with Crippen LogP contribution in [-0.2, 0) is 4.79 Å². The van der Waals surface area contributed by atoms with Crippen molar-refractivity contribution in [3.63, 3.8) is 0 Å². The minimum Gasteiger partial charge on any atom is -0.495 e. The molecule has 0 saturated carbocycles. The number of carbonyl (C=O) groups is 1. The van der Waals surface area contributed by atoms with Gasteiger partial charge in [0.2, 0.25) is 0 Å². The quantitative estimate of drug-likeness (QED) is 0.876. The first-order chi connectivity index (χ1) is 10.1. The third kappa shape index (κ3) is 2.69. The van der Waals surface area contributed by atoms with Crippen LogP contribution in [0.2, 0.25) is 10.0 Å². The number of amides is 1. The maximum absolute atomic E-state index is 12.2. The van der Waals surface area contributed by atoms with E-state index < -0.39 is 6.17 Å². The van der Waals surface area contributed by atoms with E-state index in [2.05, 4.69) is 10.7 Å². The summed E-state index contributed by atoms with van der Waals surface area (Å²) in [5.74, 6) is 0.413. The lowest BCUT2D eigenvalue weighted by Crippen LogP contribution is -2.56. The highest BCUT2D eigenvalue weighted by atomic mass is 35.5. The van der Waals surface area contributed by atoms with Gasteiger partial charge in [-0.2, -0.15) is 0 Å². The molecule has 1 atom stereocenters. The van der Waals surface area contributed by atoms with Gasteiger partial charge in [-0.15, -0.1) is 0 Å². The summed E-state index contributed by atoms with van der Waals surface area (Å²) in [6, 6.07) is 3.36. The Kier molecular flexibility index (Phi) is 3.97. The predicted molar refractivity (Wildman–Crippen MR) is 81.1 cm³/mol. The van der Waals surface area contributed by atoms with Gasteiger partial charge >= 0.3 is 0 Å². The third-order valence-electron chi connectivity index (χ3n) is 3.59. The van der Waals surface area contributed by atoms with Crippen LogP contribution in [0.1, 0.15) is 24.6 Å². The van der Waals surface area contributed by atoms with Gasteiger partial charge in [0.1, 0.15) is 17.6 Å². The van der Waals surface area contributed by atoms with Crippen molar-refractivity contribution >= 4 is 29.1 Å². The van der Waals surface area contributed by atoms with Crippen molar-refractivity contribution in [1.82, 2.24) is 15.8 Å². The maximum atomic E-state index is 12.2. The zero-order valence-corrected chi connectivity index (χ0v) is 13.0. The van der Waals surface area contributed by atoms with Crippen LogP contribution in [0.25, 0.3) is 0 Å². The number of allylic oxidation sites excluding steroid dienone is 1. The van der Waals surface area contributed by atoms with Gasteiger partial charge in [-0.1, -0.05) is 29.3 Å². The zero-order chi connectivity index (χ0) is 15.0. The molecule has 2 N–H and O–H groups in total.